The van der Waals surface area contributed by atoms with Crippen molar-refractivity contribution in [3.05, 3.63) is 65.5 Å². The van der Waals surface area contributed by atoms with Gasteiger partial charge in [-0.25, -0.2) is 18.8 Å². The Hall–Kier alpha value is -7.14. The largest absolute Gasteiger partial charge is 0.482 e. The number of esters is 2. The first kappa shape index (κ1) is 39.1. The lowest BCUT2D eigenvalue weighted by Crippen LogP contribution is -2.34. The lowest BCUT2D eigenvalue weighted by atomic mass is 10.1. The van der Waals surface area contributed by atoms with Crippen molar-refractivity contribution in [1.29, 1.82) is 10.5 Å². The molecule has 17 heteroatoms. The number of carbonyl (C=O) groups excluding carboxylic acids is 3. The van der Waals surface area contributed by atoms with Crippen LogP contribution in [0, 0.1) is 28.5 Å². The highest BCUT2D eigenvalue weighted by atomic mass is 19.1. The minimum Gasteiger partial charge on any atom is -0.482 e. The van der Waals surface area contributed by atoms with Crippen molar-refractivity contribution in [3.8, 4) is 47.0 Å². The van der Waals surface area contributed by atoms with Gasteiger partial charge in [-0.2, -0.15) is 20.5 Å². The number of aromatic nitrogens is 3. The Bertz CT molecular complexity index is 2360. The van der Waals surface area contributed by atoms with Gasteiger partial charge in [0.05, 0.1) is 53.1 Å². The summed E-state index contributed by atoms with van der Waals surface area (Å²) in [6, 6.07) is 14.3. The zero-order valence-electron chi connectivity index (χ0n) is 30.6. The van der Waals surface area contributed by atoms with Crippen molar-refractivity contribution in [1.82, 2.24) is 15.0 Å². The molecule has 16 nitrogen and oxygen atoms in total. The number of halogens is 1. The summed E-state index contributed by atoms with van der Waals surface area (Å²) < 4.78 is 54.0. The van der Waals surface area contributed by atoms with Crippen LogP contribution in [0.15, 0.2) is 48.5 Å². The number of ether oxygens (including phenoxy) is 7. The quantitative estimate of drug-likeness (QED) is 0.0965. The maximum Gasteiger partial charge on any atom is 0.414 e. The number of hydrogen-bond acceptors (Lipinski definition) is 14. The van der Waals surface area contributed by atoms with Gasteiger partial charge in [0.1, 0.15) is 40.1 Å². The topological polar surface area (TPSA) is 208 Å². The van der Waals surface area contributed by atoms with Crippen LogP contribution in [0.2, 0.25) is 0 Å². The van der Waals surface area contributed by atoms with Crippen LogP contribution in [0.4, 0.5) is 14.9 Å². The van der Waals surface area contributed by atoms with E-state index in [1.807, 2.05) is 12.1 Å². The first-order chi connectivity index (χ1) is 26.2. The van der Waals surface area contributed by atoms with Gasteiger partial charge in [-0.3, -0.25) is 4.90 Å². The first-order valence-electron chi connectivity index (χ1n) is 16.7. The van der Waals surface area contributed by atoms with Gasteiger partial charge in [0.25, 0.3) is 0 Å². The molecule has 0 fully saturated rings. The predicted molar refractivity (Wildman–Crippen MR) is 193 cm³/mol. The number of nitrogens with zero attached hydrogens (tertiary/aromatic N) is 5. The van der Waals surface area contributed by atoms with E-state index in [1.165, 1.54) is 49.5 Å². The maximum atomic E-state index is 15.4. The molecule has 2 aromatic heterocycles. The molecule has 0 atom stereocenters. The second kappa shape index (κ2) is 16.7. The molecule has 0 aliphatic carbocycles. The molecule has 0 bridgehead atoms. The van der Waals surface area contributed by atoms with E-state index in [9.17, 15) is 24.9 Å². The summed E-state index contributed by atoms with van der Waals surface area (Å²) in [5, 5.41) is 19.8. The molecule has 0 aliphatic heterocycles. The fraction of sp³-hybridized carbons (Fsp3) is 0.289. The van der Waals surface area contributed by atoms with Crippen LogP contribution in [0.3, 0.4) is 0 Å². The summed E-state index contributed by atoms with van der Waals surface area (Å²) in [6.07, 6.45) is -0.758. The van der Waals surface area contributed by atoms with Crippen LogP contribution in [0.5, 0.6) is 34.9 Å². The van der Waals surface area contributed by atoms with E-state index < -0.39 is 42.7 Å². The number of anilines is 1. The molecule has 0 saturated heterocycles. The number of nitriles is 2. The number of fused-ring (bicyclic) bond motifs is 3. The molecule has 1 N–H and O–H groups in total. The Morgan fingerprint density at radius 1 is 0.800 bits per heavy atom. The van der Waals surface area contributed by atoms with Crippen LogP contribution in [0.1, 0.15) is 45.7 Å². The summed E-state index contributed by atoms with van der Waals surface area (Å²) in [4.78, 5) is 50.1. The first-order valence-corrected chi connectivity index (χ1v) is 16.7. The summed E-state index contributed by atoms with van der Waals surface area (Å²) in [6.45, 7) is 7.81. The van der Waals surface area contributed by atoms with Gasteiger partial charge in [-0.05, 0) is 71.0 Å². The van der Waals surface area contributed by atoms with E-state index >= 15 is 4.39 Å². The Morgan fingerprint density at radius 3 is 1.87 bits per heavy atom. The predicted octanol–water partition coefficient (Wildman–Crippen LogP) is 6.83. The van der Waals surface area contributed by atoms with E-state index in [2.05, 4.69) is 15.0 Å². The molecular weight excluding hydrogens is 719 g/mol. The molecule has 0 unspecified atom stereocenters. The summed E-state index contributed by atoms with van der Waals surface area (Å²) in [5.74, 6) is -1.88. The minimum absolute atomic E-state index is 0.0295. The third-order valence-electron chi connectivity index (χ3n) is 7.25. The van der Waals surface area contributed by atoms with Gasteiger partial charge in [0, 0.05) is 24.6 Å². The zero-order valence-corrected chi connectivity index (χ0v) is 30.6. The average molecular weight is 755 g/mol. The molecule has 3 aromatic carbocycles. The molecule has 0 radical (unpaired) electrons. The van der Waals surface area contributed by atoms with Gasteiger partial charge in [-0.15, -0.1) is 0 Å². The Balaban J connectivity index is 1.64. The van der Waals surface area contributed by atoms with Crippen molar-refractivity contribution in [2.75, 3.05) is 38.4 Å². The standard InChI is InChI=1S/C38H35FN6O10/c1-7-49-30(46)19-51-24-9-21(17-40)11-26(15-24)53-35-32-28-13-23(39)14-29(45(6)37(48)55-38(3,4)5)33(28)42-34(32)43-36(44-35)54-27-12-22(18-41)10-25(16-27)52-20-31(47)50-8-2/h9-16H,7-8,19-20H2,1-6H3,(H,42,43,44). The number of amides is 1. The molecule has 0 aliphatic rings. The van der Waals surface area contributed by atoms with E-state index in [0.717, 1.165) is 11.0 Å². The van der Waals surface area contributed by atoms with Crippen LogP contribution >= 0.6 is 0 Å². The molecular formula is C38H35FN6O10. The molecule has 0 saturated carbocycles. The number of benzene rings is 3. The molecule has 284 valence electrons. The van der Waals surface area contributed by atoms with Crippen molar-refractivity contribution in [3.63, 3.8) is 0 Å². The number of rotatable bonds is 13. The second-order valence-corrected chi connectivity index (χ2v) is 12.5. The van der Waals surface area contributed by atoms with E-state index in [4.69, 9.17) is 33.2 Å². The molecule has 2 heterocycles. The highest BCUT2D eigenvalue weighted by Crippen LogP contribution is 2.40. The van der Waals surface area contributed by atoms with Gasteiger partial charge < -0.3 is 38.1 Å². The fourth-order valence-corrected chi connectivity index (χ4v) is 5.07. The van der Waals surface area contributed by atoms with E-state index in [-0.39, 0.29) is 86.9 Å². The number of carbonyl (C=O) groups is 3. The normalized spacial score (nSPS) is 10.9. The summed E-state index contributed by atoms with van der Waals surface area (Å²) >= 11 is 0. The van der Waals surface area contributed by atoms with Crippen LogP contribution in [-0.2, 0) is 23.8 Å². The van der Waals surface area contributed by atoms with Crippen LogP contribution < -0.4 is 23.8 Å². The monoisotopic (exact) mass is 754 g/mol. The van der Waals surface area contributed by atoms with Gasteiger partial charge in [0.15, 0.2) is 13.2 Å². The molecule has 1 amide bonds. The van der Waals surface area contributed by atoms with Gasteiger partial charge in [-0.1, -0.05) is 0 Å². The van der Waals surface area contributed by atoms with Crippen molar-refractivity contribution in [2.24, 2.45) is 0 Å². The Labute approximate surface area is 313 Å². The molecule has 0 spiro atoms. The molecule has 5 rings (SSSR count). The van der Waals surface area contributed by atoms with Gasteiger partial charge >= 0.3 is 24.0 Å². The molecule has 55 heavy (non-hydrogen) atoms. The fourth-order valence-electron chi connectivity index (χ4n) is 5.07. The van der Waals surface area contributed by atoms with Crippen molar-refractivity contribution in [2.45, 2.75) is 40.2 Å². The SMILES string of the molecule is CCOC(=O)COc1cc(C#N)cc(Oc2nc(Oc3cc(C#N)cc(OCC(=O)OCC)c3)c3c(n2)[nH]c2c(N(C)C(=O)OC(C)(C)C)cc(F)cc23)c1. The van der Waals surface area contributed by atoms with E-state index in [0.29, 0.717) is 0 Å². The highest BCUT2D eigenvalue weighted by molar-refractivity contribution is 6.14. The van der Waals surface area contributed by atoms with Crippen LogP contribution in [0.25, 0.3) is 21.9 Å². The third-order valence-corrected chi connectivity index (χ3v) is 7.25. The molecule has 5 aromatic rings. The number of aromatic amines is 1. The number of H-pyrrole nitrogens is 1. The average Bonchev–Trinajstić information content (AvgIpc) is 3.50. The Morgan fingerprint density at radius 2 is 1.35 bits per heavy atom. The van der Waals surface area contributed by atoms with Gasteiger partial charge in [0.2, 0.25) is 5.88 Å². The maximum absolute atomic E-state index is 15.4. The van der Waals surface area contributed by atoms with Crippen molar-refractivity contribution < 1.29 is 51.9 Å². The third kappa shape index (κ3) is 9.85. The zero-order chi connectivity index (χ0) is 39.9. The number of nitrogens with one attached hydrogen (secondary N) is 1. The highest BCUT2D eigenvalue weighted by Gasteiger charge is 2.26. The number of hydrogen-bond donors (Lipinski definition) is 1. The Kier molecular flexibility index (Phi) is 11.9. The minimum atomic E-state index is -0.847. The summed E-state index contributed by atoms with van der Waals surface area (Å²) in [7, 11) is 1.42. The second-order valence-electron chi connectivity index (χ2n) is 12.5. The smallest absolute Gasteiger partial charge is 0.414 e. The van der Waals surface area contributed by atoms with Crippen molar-refractivity contribution >= 4 is 45.7 Å². The summed E-state index contributed by atoms with van der Waals surface area (Å²) in [5.41, 5.74) is -0.194. The van der Waals surface area contributed by atoms with Crippen LogP contribution in [-0.4, -0.2) is 72.1 Å². The lowest BCUT2D eigenvalue weighted by Gasteiger charge is -2.25. The van der Waals surface area contributed by atoms with E-state index in [1.54, 1.807) is 34.6 Å². The lowest BCUT2D eigenvalue weighted by molar-refractivity contribution is -0.146.